The molecule has 2 rings (SSSR count). The van der Waals surface area contributed by atoms with Crippen molar-refractivity contribution < 1.29 is 22.3 Å². The minimum absolute atomic E-state index is 0.237. The lowest BCUT2D eigenvalue weighted by Crippen LogP contribution is -2.32. The molecule has 0 aliphatic rings. The molecule has 0 fully saturated rings. The Kier molecular flexibility index (Phi) is 4.24. The van der Waals surface area contributed by atoms with Crippen molar-refractivity contribution >= 4 is 17.0 Å². The number of aromatic nitrogens is 2. The van der Waals surface area contributed by atoms with Crippen molar-refractivity contribution in [3.8, 4) is 5.75 Å². The number of nitrogens with zero attached hydrogens (tertiary/aromatic N) is 2. The van der Waals surface area contributed by atoms with E-state index < -0.39 is 18.9 Å². The van der Waals surface area contributed by atoms with E-state index in [2.05, 4.69) is 4.98 Å². The molecule has 0 saturated heterocycles. The Hall–Kier alpha value is -1.99. The number of hydrogen-bond donors (Lipinski definition) is 1. The smallest absolute Gasteiger partial charge is 0.324 e. The number of nitrogens with two attached hydrogens (primary N) is 1. The highest BCUT2D eigenvalue weighted by atomic mass is 19.3. The first-order valence-corrected chi connectivity index (χ1v) is 6.40. The summed E-state index contributed by atoms with van der Waals surface area (Å²) in [6.45, 7) is 1.11. The van der Waals surface area contributed by atoms with E-state index in [4.69, 9.17) is 10.5 Å². The van der Waals surface area contributed by atoms with E-state index in [-0.39, 0.29) is 17.0 Å². The fraction of sp³-hybridized carbons (Fsp3) is 0.462. The van der Waals surface area contributed by atoms with Gasteiger partial charge in [0.25, 0.3) is 0 Å². The van der Waals surface area contributed by atoms with Gasteiger partial charge in [0, 0.05) is 0 Å². The molecule has 0 aliphatic carbocycles. The largest absolute Gasteiger partial charge is 0.491 e. The summed E-state index contributed by atoms with van der Waals surface area (Å²) in [5, 5.41) is 0. The third-order valence-electron chi connectivity index (χ3n) is 2.92. The number of alkyl halides is 4. The predicted molar refractivity (Wildman–Crippen MR) is 70.9 cm³/mol. The van der Waals surface area contributed by atoms with Gasteiger partial charge < -0.3 is 15.0 Å². The molecule has 0 radical (unpaired) electrons. The van der Waals surface area contributed by atoms with E-state index >= 15 is 0 Å². The van der Waals surface area contributed by atoms with Gasteiger partial charge in [-0.1, -0.05) is 13.0 Å². The maximum absolute atomic E-state index is 13.2. The number of anilines is 1. The van der Waals surface area contributed by atoms with Crippen LogP contribution < -0.4 is 10.5 Å². The second-order valence-corrected chi connectivity index (χ2v) is 4.59. The molecule has 2 aromatic rings. The molecule has 0 bridgehead atoms. The molecule has 21 heavy (non-hydrogen) atoms. The van der Waals surface area contributed by atoms with Gasteiger partial charge in [-0.15, -0.1) is 0 Å². The second-order valence-electron chi connectivity index (χ2n) is 4.59. The minimum atomic E-state index is -4.18. The van der Waals surface area contributed by atoms with E-state index in [0.717, 1.165) is 11.0 Å². The van der Waals surface area contributed by atoms with Crippen molar-refractivity contribution in [1.29, 1.82) is 0 Å². The lowest BCUT2D eigenvalue weighted by Gasteiger charge is -2.17. The van der Waals surface area contributed by atoms with Crippen LogP contribution in [0.15, 0.2) is 18.2 Å². The number of ether oxygens (including phenoxy) is 1. The molecule has 8 heteroatoms. The summed E-state index contributed by atoms with van der Waals surface area (Å²) in [5.74, 6) is -4.04. The van der Waals surface area contributed by atoms with Crippen LogP contribution in [-0.4, -0.2) is 28.5 Å². The monoisotopic (exact) mass is 305 g/mol. The van der Waals surface area contributed by atoms with Gasteiger partial charge in [-0.3, -0.25) is 0 Å². The van der Waals surface area contributed by atoms with Crippen LogP contribution in [0.5, 0.6) is 5.75 Å². The summed E-state index contributed by atoms with van der Waals surface area (Å²) >= 11 is 0. The van der Waals surface area contributed by atoms with Gasteiger partial charge in [-0.25, -0.2) is 13.8 Å². The van der Waals surface area contributed by atoms with Crippen molar-refractivity contribution in [3.05, 3.63) is 18.2 Å². The lowest BCUT2D eigenvalue weighted by atomic mass is 10.2. The number of nitrogen functional groups attached to an aromatic ring is 1. The minimum Gasteiger partial charge on any atom is -0.491 e. The molecule has 0 amide bonds. The molecule has 1 aromatic heterocycles. The number of hydrogen-bond acceptors (Lipinski definition) is 3. The van der Waals surface area contributed by atoms with Crippen LogP contribution in [0.25, 0.3) is 11.0 Å². The molecule has 0 unspecified atom stereocenters. The first kappa shape index (κ1) is 15.4. The lowest BCUT2D eigenvalue weighted by molar-refractivity contribution is -0.136. The second kappa shape index (κ2) is 5.79. The van der Waals surface area contributed by atoms with Crippen LogP contribution in [0.4, 0.5) is 23.5 Å². The van der Waals surface area contributed by atoms with E-state index in [1.165, 1.54) is 6.07 Å². The number of fused-ring (bicyclic) bond motifs is 1. The highest BCUT2D eigenvalue weighted by Crippen LogP contribution is 2.31. The van der Waals surface area contributed by atoms with Crippen LogP contribution in [0.2, 0.25) is 0 Å². The Bertz CT molecular complexity index is 627. The number of halogens is 4. The van der Waals surface area contributed by atoms with Gasteiger partial charge in [-0.05, 0) is 18.6 Å². The van der Waals surface area contributed by atoms with Crippen molar-refractivity contribution in [3.63, 3.8) is 0 Å². The van der Waals surface area contributed by atoms with Crippen LogP contribution in [-0.2, 0) is 6.54 Å². The van der Waals surface area contributed by atoms with E-state index in [9.17, 15) is 17.6 Å². The molecule has 0 aliphatic heterocycles. The average Bonchev–Trinajstić information content (AvgIpc) is 2.73. The normalized spacial score (nSPS) is 12.3. The standard InChI is InChI=1S/C13H15F4N3O/c1-2-6-21-9-5-3-4-8-10(9)19-12(18)20(8)7-13(16,17)11(14)15/h3-5,11H,2,6-7H2,1H3,(H2,18,19). The molecular weight excluding hydrogens is 290 g/mol. The predicted octanol–water partition coefficient (Wildman–Crippen LogP) is 3.31. The molecule has 116 valence electrons. The van der Waals surface area contributed by atoms with Gasteiger partial charge in [0.15, 0.2) is 0 Å². The van der Waals surface area contributed by atoms with Gasteiger partial charge in [-0.2, -0.15) is 8.78 Å². The van der Waals surface area contributed by atoms with E-state index in [1.807, 2.05) is 6.92 Å². The number of imidazole rings is 1. The maximum Gasteiger partial charge on any atom is 0.324 e. The van der Waals surface area contributed by atoms with Gasteiger partial charge in [0.1, 0.15) is 11.3 Å². The molecule has 1 heterocycles. The molecule has 1 aromatic carbocycles. The van der Waals surface area contributed by atoms with Crippen LogP contribution in [0, 0.1) is 0 Å². The maximum atomic E-state index is 13.2. The van der Waals surface area contributed by atoms with E-state index in [0.29, 0.717) is 12.4 Å². The number of para-hydroxylation sites is 1. The third-order valence-corrected chi connectivity index (χ3v) is 2.92. The summed E-state index contributed by atoms with van der Waals surface area (Å²) in [4.78, 5) is 3.95. The zero-order valence-corrected chi connectivity index (χ0v) is 11.3. The fourth-order valence-corrected chi connectivity index (χ4v) is 1.91. The molecule has 0 spiro atoms. The third kappa shape index (κ3) is 3.03. The van der Waals surface area contributed by atoms with Crippen molar-refractivity contribution in [1.82, 2.24) is 9.55 Å². The highest BCUT2D eigenvalue weighted by Gasteiger charge is 2.42. The summed E-state index contributed by atoms with van der Waals surface area (Å²) < 4.78 is 57.5. The van der Waals surface area contributed by atoms with E-state index in [1.54, 1.807) is 12.1 Å². The van der Waals surface area contributed by atoms with Gasteiger partial charge in [0.2, 0.25) is 5.95 Å². The Morgan fingerprint density at radius 1 is 1.38 bits per heavy atom. The zero-order chi connectivity index (χ0) is 15.6. The summed E-state index contributed by atoms with van der Waals surface area (Å²) in [5.41, 5.74) is 6.10. The Balaban J connectivity index is 2.44. The van der Waals surface area contributed by atoms with Crippen molar-refractivity contribution in [2.24, 2.45) is 0 Å². The summed E-state index contributed by atoms with van der Waals surface area (Å²) in [6, 6.07) is 4.69. The SMILES string of the molecule is CCCOc1cccc2c1nc(N)n2CC(F)(F)C(F)F. The summed E-state index contributed by atoms with van der Waals surface area (Å²) in [6.07, 6.45) is -3.01. The molecule has 2 N–H and O–H groups in total. The zero-order valence-electron chi connectivity index (χ0n) is 11.3. The Labute approximate surface area is 118 Å². The topological polar surface area (TPSA) is 53.1 Å². The molecular formula is C13H15F4N3O. The van der Waals surface area contributed by atoms with Crippen LogP contribution in [0.1, 0.15) is 13.3 Å². The quantitative estimate of drug-likeness (QED) is 0.833. The van der Waals surface area contributed by atoms with Crippen LogP contribution >= 0.6 is 0 Å². The van der Waals surface area contributed by atoms with Crippen LogP contribution in [0.3, 0.4) is 0 Å². The van der Waals surface area contributed by atoms with Gasteiger partial charge >= 0.3 is 12.3 Å². The first-order valence-electron chi connectivity index (χ1n) is 6.40. The number of benzene rings is 1. The molecule has 0 atom stereocenters. The average molecular weight is 305 g/mol. The first-order chi connectivity index (χ1) is 9.86. The molecule has 0 saturated carbocycles. The van der Waals surface area contributed by atoms with Crippen molar-refractivity contribution in [2.45, 2.75) is 32.2 Å². The van der Waals surface area contributed by atoms with Crippen molar-refractivity contribution in [2.75, 3.05) is 12.3 Å². The van der Waals surface area contributed by atoms with Gasteiger partial charge in [0.05, 0.1) is 18.7 Å². The highest BCUT2D eigenvalue weighted by molar-refractivity contribution is 5.84. The summed E-state index contributed by atoms with van der Waals surface area (Å²) in [7, 11) is 0. The molecule has 4 nitrogen and oxygen atoms in total. The fourth-order valence-electron chi connectivity index (χ4n) is 1.91. The number of rotatable bonds is 6. The Morgan fingerprint density at radius 3 is 2.71 bits per heavy atom. The Morgan fingerprint density at radius 2 is 2.10 bits per heavy atom.